The Bertz CT molecular complexity index is 402. The van der Waals surface area contributed by atoms with Crippen molar-refractivity contribution in [3.05, 3.63) is 29.8 Å². The summed E-state index contributed by atoms with van der Waals surface area (Å²) in [5, 5.41) is 30.0. The summed E-state index contributed by atoms with van der Waals surface area (Å²) in [5.74, 6) is 0.195. The maximum Gasteiger partial charge on any atom is 0.405 e. The third-order valence-electron chi connectivity index (χ3n) is 3.18. The van der Waals surface area contributed by atoms with Gasteiger partial charge in [-0.3, -0.25) is 0 Å². The van der Waals surface area contributed by atoms with Crippen LogP contribution in [-0.4, -0.2) is 33.1 Å². The van der Waals surface area contributed by atoms with Crippen LogP contribution in [0.3, 0.4) is 0 Å². The standard InChI is InChI=1S/C13H19NO4/c1-9(15)13(2,14-12(17)18)8-7-10-3-5-11(16)6-4-10/h3-6,9,14-16H,7-8H2,1-2H3,(H,17,18)/t9-,13-/m1/s1. The fourth-order valence-corrected chi connectivity index (χ4v) is 1.69. The second-order valence-electron chi connectivity index (χ2n) is 4.69. The number of aliphatic hydroxyl groups is 1. The van der Waals surface area contributed by atoms with Crippen molar-refractivity contribution in [3.8, 4) is 5.75 Å². The van der Waals surface area contributed by atoms with E-state index < -0.39 is 17.7 Å². The van der Waals surface area contributed by atoms with E-state index in [-0.39, 0.29) is 5.75 Å². The predicted molar refractivity (Wildman–Crippen MR) is 67.7 cm³/mol. The molecule has 0 heterocycles. The van der Waals surface area contributed by atoms with Crippen molar-refractivity contribution >= 4 is 6.09 Å². The van der Waals surface area contributed by atoms with Gasteiger partial charge in [-0.1, -0.05) is 12.1 Å². The number of phenols is 1. The Hall–Kier alpha value is -1.75. The average molecular weight is 253 g/mol. The molecule has 1 aromatic carbocycles. The molecule has 4 N–H and O–H groups in total. The highest BCUT2D eigenvalue weighted by atomic mass is 16.4. The molecule has 2 atom stereocenters. The van der Waals surface area contributed by atoms with Crippen LogP contribution in [0.5, 0.6) is 5.75 Å². The van der Waals surface area contributed by atoms with Crippen molar-refractivity contribution in [2.45, 2.75) is 38.3 Å². The number of benzene rings is 1. The van der Waals surface area contributed by atoms with Gasteiger partial charge in [0.25, 0.3) is 0 Å². The Morgan fingerprint density at radius 3 is 2.39 bits per heavy atom. The van der Waals surface area contributed by atoms with Gasteiger partial charge in [-0.2, -0.15) is 0 Å². The SMILES string of the molecule is C[C@@H](O)[C@@](C)(CCc1ccc(O)cc1)NC(=O)O. The maximum absolute atomic E-state index is 10.7. The smallest absolute Gasteiger partial charge is 0.405 e. The lowest BCUT2D eigenvalue weighted by Gasteiger charge is -2.32. The first-order chi connectivity index (χ1) is 8.33. The monoisotopic (exact) mass is 253 g/mol. The van der Waals surface area contributed by atoms with Crippen LogP contribution in [0.15, 0.2) is 24.3 Å². The van der Waals surface area contributed by atoms with E-state index in [0.717, 1.165) is 5.56 Å². The van der Waals surface area contributed by atoms with Gasteiger partial charge in [-0.05, 0) is 44.4 Å². The predicted octanol–water partition coefficient (Wildman–Crippen LogP) is 1.73. The summed E-state index contributed by atoms with van der Waals surface area (Å²) in [5.41, 5.74) is 0.0934. The van der Waals surface area contributed by atoms with Crippen molar-refractivity contribution in [2.75, 3.05) is 0 Å². The van der Waals surface area contributed by atoms with Crippen LogP contribution in [0, 0.1) is 0 Å². The minimum absolute atomic E-state index is 0.195. The molecule has 0 aromatic heterocycles. The van der Waals surface area contributed by atoms with Gasteiger partial charge >= 0.3 is 6.09 Å². The van der Waals surface area contributed by atoms with Crippen LogP contribution in [0.4, 0.5) is 4.79 Å². The fourth-order valence-electron chi connectivity index (χ4n) is 1.69. The van der Waals surface area contributed by atoms with E-state index in [1.54, 1.807) is 38.1 Å². The molecule has 5 nitrogen and oxygen atoms in total. The first-order valence-corrected chi connectivity index (χ1v) is 5.80. The number of hydrogen-bond acceptors (Lipinski definition) is 3. The van der Waals surface area contributed by atoms with E-state index in [2.05, 4.69) is 5.32 Å². The largest absolute Gasteiger partial charge is 0.508 e. The molecule has 0 bridgehead atoms. The second-order valence-corrected chi connectivity index (χ2v) is 4.69. The van der Waals surface area contributed by atoms with Crippen LogP contribution in [0.2, 0.25) is 0 Å². The zero-order chi connectivity index (χ0) is 13.8. The third kappa shape index (κ3) is 3.92. The molecule has 100 valence electrons. The lowest BCUT2D eigenvalue weighted by atomic mass is 9.88. The molecule has 0 fully saturated rings. The molecule has 0 spiro atoms. The van der Waals surface area contributed by atoms with Crippen molar-refractivity contribution in [2.24, 2.45) is 0 Å². The van der Waals surface area contributed by atoms with Crippen molar-refractivity contribution in [1.82, 2.24) is 5.32 Å². The van der Waals surface area contributed by atoms with Gasteiger partial charge in [0.1, 0.15) is 5.75 Å². The number of hydrogen-bond donors (Lipinski definition) is 4. The summed E-state index contributed by atoms with van der Waals surface area (Å²) in [7, 11) is 0. The van der Waals surface area contributed by atoms with E-state index in [4.69, 9.17) is 10.2 Å². The normalized spacial score (nSPS) is 15.7. The highest BCUT2D eigenvalue weighted by Crippen LogP contribution is 2.19. The highest BCUT2D eigenvalue weighted by molar-refractivity contribution is 5.65. The number of phenolic OH excluding ortho intramolecular Hbond substituents is 1. The number of amides is 1. The van der Waals surface area contributed by atoms with E-state index in [1.165, 1.54) is 0 Å². The van der Waals surface area contributed by atoms with E-state index in [9.17, 15) is 9.90 Å². The number of carboxylic acid groups (broad SMARTS) is 1. The number of aliphatic hydroxyl groups excluding tert-OH is 1. The van der Waals surface area contributed by atoms with Crippen molar-refractivity contribution in [3.63, 3.8) is 0 Å². The molecule has 0 aliphatic rings. The lowest BCUT2D eigenvalue weighted by Crippen LogP contribution is -2.53. The highest BCUT2D eigenvalue weighted by Gasteiger charge is 2.31. The Morgan fingerprint density at radius 2 is 1.94 bits per heavy atom. The molecule has 0 aliphatic carbocycles. The van der Waals surface area contributed by atoms with Gasteiger partial charge in [0.15, 0.2) is 0 Å². The van der Waals surface area contributed by atoms with Crippen LogP contribution >= 0.6 is 0 Å². The maximum atomic E-state index is 10.7. The van der Waals surface area contributed by atoms with E-state index >= 15 is 0 Å². The minimum Gasteiger partial charge on any atom is -0.508 e. The quantitative estimate of drug-likeness (QED) is 0.643. The molecule has 1 aromatic rings. The summed E-state index contributed by atoms with van der Waals surface area (Å²) in [6.45, 7) is 3.24. The summed E-state index contributed by atoms with van der Waals surface area (Å²) in [6.07, 6.45) is -0.848. The molecule has 0 aliphatic heterocycles. The summed E-state index contributed by atoms with van der Waals surface area (Å²) in [4.78, 5) is 10.7. The Morgan fingerprint density at radius 1 is 1.39 bits per heavy atom. The number of rotatable bonds is 5. The third-order valence-corrected chi connectivity index (χ3v) is 3.18. The van der Waals surface area contributed by atoms with Crippen LogP contribution in [-0.2, 0) is 6.42 Å². The summed E-state index contributed by atoms with van der Waals surface area (Å²) < 4.78 is 0. The number of carbonyl (C=O) groups is 1. The van der Waals surface area contributed by atoms with Crippen LogP contribution in [0.1, 0.15) is 25.8 Å². The molecule has 0 saturated carbocycles. The minimum atomic E-state index is -1.15. The lowest BCUT2D eigenvalue weighted by molar-refractivity contribution is 0.0765. The topological polar surface area (TPSA) is 89.8 Å². The molecular weight excluding hydrogens is 234 g/mol. The first-order valence-electron chi connectivity index (χ1n) is 5.80. The average Bonchev–Trinajstić information content (AvgIpc) is 2.27. The molecule has 18 heavy (non-hydrogen) atoms. The number of aryl methyl sites for hydroxylation is 1. The van der Waals surface area contributed by atoms with Gasteiger partial charge in [0.05, 0.1) is 11.6 Å². The Labute approximate surface area is 106 Å². The van der Waals surface area contributed by atoms with Gasteiger partial charge < -0.3 is 20.6 Å². The van der Waals surface area contributed by atoms with Crippen molar-refractivity contribution in [1.29, 1.82) is 0 Å². The Kier molecular flexibility index (Phi) is 4.55. The first kappa shape index (κ1) is 14.3. The number of aromatic hydroxyl groups is 1. The fraction of sp³-hybridized carbons (Fsp3) is 0.462. The zero-order valence-corrected chi connectivity index (χ0v) is 10.6. The van der Waals surface area contributed by atoms with Gasteiger partial charge in [-0.25, -0.2) is 4.79 Å². The van der Waals surface area contributed by atoms with E-state index in [1.807, 2.05) is 0 Å². The molecule has 1 amide bonds. The van der Waals surface area contributed by atoms with Crippen LogP contribution in [0.25, 0.3) is 0 Å². The molecule has 1 rings (SSSR count). The zero-order valence-electron chi connectivity index (χ0n) is 10.6. The molecule has 5 heteroatoms. The second kappa shape index (κ2) is 5.73. The van der Waals surface area contributed by atoms with Gasteiger partial charge in [-0.15, -0.1) is 0 Å². The molecular formula is C13H19NO4. The van der Waals surface area contributed by atoms with Crippen molar-refractivity contribution < 1.29 is 20.1 Å². The van der Waals surface area contributed by atoms with E-state index in [0.29, 0.717) is 12.8 Å². The molecule has 0 unspecified atom stereocenters. The van der Waals surface area contributed by atoms with Crippen LogP contribution < -0.4 is 5.32 Å². The van der Waals surface area contributed by atoms with Gasteiger partial charge in [0.2, 0.25) is 0 Å². The Balaban J connectivity index is 2.67. The molecule has 0 saturated heterocycles. The number of nitrogens with one attached hydrogen (secondary N) is 1. The summed E-state index contributed by atoms with van der Waals surface area (Å²) in [6, 6.07) is 6.72. The molecule has 0 radical (unpaired) electrons. The van der Waals surface area contributed by atoms with Gasteiger partial charge in [0, 0.05) is 0 Å². The summed E-state index contributed by atoms with van der Waals surface area (Å²) >= 11 is 0.